The molecule has 1 saturated heterocycles. The van der Waals surface area contributed by atoms with E-state index >= 15 is 0 Å². The summed E-state index contributed by atoms with van der Waals surface area (Å²) in [5.41, 5.74) is 0. The number of carbonyl (C=O) groups is 1. The van der Waals surface area contributed by atoms with Gasteiger partial charge in [-0.3, -0.25) is 4.79 Å². The van der Waals surface area contributed by atoms with Gasteiger partial charge in [-0.2, -0.15) is 0 Å². The molecule has 3 heteroatoms. The van der Waals surface area contributed by atoms with Crippen molar-refractivity contribution < 1.29 is 14.6 Å². The molecule has 0 aromatic heterocycles. The molecule has 0 aliphatic carbocycles. The fraction of sp³-hybridized carbons (Fsp3) is 0.875. The van der Waals surface area contributed by atoms with E-state index in [1.165, 1.54) is 0 Å². The predicted octanol–water partition coefficient (Wildman–Crippen LogP) is 0.566. The monoisotopic (exact) mass is 158 g/mol. The summed E-state index contributed by atoms with van der Waals surface area (Å²) in [7, 11) is 0. The van der Waals surface area contributed by atoms with Crippen LogP contribution in [0.15, 0.2) is 0 Å². The van der Waals surface area contributed by atoms with E-state index in [1.807, 2.05) is 13.8 Å². The molecule has 11 heavy (non-hydrogen) atoms. The lowest BCUT2D eigenvalue weighted by molar-refractivity contribution is -0.143. The van der Waals surface area contributed by atoms with Crippen LogP contribution in [0, 0.1) is 11.8 Å². The second-order valence-electron chi connectivity index (χ2n) is 3.30. The Bertz CT molecular complexity index is 155. The van der Waals surface area contributed by atoms with Crippen molar-refractivity contribution in [1.29, 1.82) is 0 Å². The number of hydrogen-bond donors (Lipinski definition) is 1. The molecule has 1 unspecified atom stereocenters. The largest absolute Gasteiger partial charge is 0.462 e. The minimum absolute atomic E-state index is 0.0662. The average Bonchev–Trinajstić information content (AvgIpc) is 2.28. The molecule has 0 amide bonds. The van der Waals surface area contributed by atoms with Crippen LogP contribution in [-0.2, 0) is 9.53 Å². The predicted molar refractivity (Wildman–Crippen MR) is 39.9 cm³/mol. The molecule has 1 aliphatic rings. The van der Waals surface area contributed by atoms with Crippen LogP contribution in [0.2, 0.25) is 0 Å². The van der Waals surface area contributed by atoms with Gasteiger partial charge >= 0.3 is 5.97 Å². The van der Waals surface area contributed by atoms with E-state index in [9.17, 15) is 4.79 Å². The first-order chi connectivity index (χ1) is 5.15. The number of aliphatic hydroxyl groups is 1. The van der Waals surface area contributed by atoms with Gasteiger partial charge in [0.15, 0.2) is 0 Å². The van der Waals surface area contributed by atoms with Gasteiger partial charge < -0.3 is 9.84 Å². The second kappa shape index (κ2) is 3.22. The quantitative estimate of drug-likeness (QED) is 0.597. The third-order valence-electron chi connectivity index (χ3n) is 2.17. The molecule has 0 saturated carbocycles. The highest BCUT2D eigenvalue weighted by atomic mass is 16.6. The summed E-state index contributed by atoms with van der Waals surface area (Å²) in [5, 5.41) is 8.81. The summed E-state index contributed by atoms with van der Waals surface area (Å²) in [6, 6.07) is 0. The fourth-order valence-corrected chi connectivity index (χ4v) is 1.48. The Morgan fingerprint density at radius 3 is 2.82 bits per heavy atom. The Morgan fingerprint density at radius 2 is 2.45 bits per heavy atom. The van der Waals surface area contributed by atoms with Crippen molar-refractivity contribution >= 4 is 5.97 Å². The van der Waals surface area contributed by atoms with Crippen molar-refractivity contribution in [3.63, 3.8) is 0 Å². The van der Waals surface area contributed by atoms with Crippen LogP contribution in [0.3, 0.4) is 0 Å². The Hall–Kier alpha value is -0.570. The molecule has 0 bridgehead atoms. The molecule has 3 nitrogen and oxygen atoms in total. The zero-order chi connectivity index (χ0) is 8.43. The van der Waals surface area contributed by atoms with Crippen LogP contribution in [0.4, 0.5) is 0 Å². The van der Waals surface area contributed by atoms with Crippen molar-refractivity contribution in [2.24, 2.45) is 11.8 Å². The number of carbonyl (C=O) groups excluding carboxylic acids is 1. The first-order valence-electron chi connectivity index (χ1n) is 3.95. The van der Waals surface area contributed by atoms with Gasteiger partial charge in [0.25, 0.3) is 0 Å². The van der Waals surface area contributed by atoms with E-state index < -0.39 is 0 Å². The van der Waals surface area contributed by atoms with E-state index in [0.29, 0.717) is 6.42 Å². The van der Waals surface area contributed by atoms with Gasteiger partial charge in [0, 0.05) is 18.4 Å². The maximum atomic E-state index is 10.8. The maximum absolute atomic E-state index is 10.8. The van der Waals surface area contributed by atoms with Crippen LogP contribution in [0.5, 0.6) is 0 Å². The van der Waals surface area contributed by atoms with Gasteiger partial charge in [-0.15, -0.1) is 0 Å². The second-order valence-corrected chi connectivity index (χ2v) is 3.30. The number of aliphatic hydroxyl groups excluding tert-OH is 1. The molecule has 64 valence electrons. The first-order valence-corrected chi connectivity index (χ1v) is 3.95. The van der Waals surface area contributed by atoms with Crippen LogP contribution >= 0.6 is 0 Å². The molecular formula is C8H14O3. The van der Waals surface area contributed by atoms with E-state index in [0.717, 1.165) is 0 Å². The third-order valence-corrected chi connectivity index (χ3v) is 2.17. The van der Waals surface area contributed by atoms with Crippen LogP contribution in [0.25, 0.3) is 0 Å². The smallest absolute Gasteiger partial charge is 0.306 e. The van der Waals surface area contributed by atoms with Gasteiger partial charge in [-0.1, -0.05) is 13.8 Å². The molecule has 1 rings (SSSR count). The minimum Gasteiger partial charge on any atom is -0.462 e. The lowest BCUT2D eigenvalue weighted by Gasteiger charge is -2.18. The number of hydrogen-bond acceptors (Lipinski definition) is 3. The lowest BCUT2D eigenvalue weighted by Crippen LogP contribution is -2.25. The zero-order valence-electron chi connectivity index (χ0n) is 6.91. The third kappa shape index (κ3) is 1.71. The molecule has 1 heterocycles. The normalized spacial score (nSPS) is 33.5. The minimum atomic E-state index is -0.136. The van der Waals surface area contributed by atoms with E-state index in [2.05, 4.69) is 0 Å². The summed E-state index contributed by atoms with van der Waals surface area (Å²) < 4.78 is 5.03. The van der Waals surface area contributed by atoms with Crippen LogP contribution in [-0.4, -0.2) is 23.8 Å². The highest BCUT2D eigenvalue weighted by molar-refractivity contribution is 5.72. The summed E-state index contributed by atoms with van der Waals surface area (Å²) in [6.07, 6.45) is 0.419. The SMILES string of the molecule is C[C@H](CO)C1OC(=O)C[C@@H]1C. The molecule has 0 spiro atoms. The summed E-state index contributed by atoms with van der Waals surface area (Å²) in [5.74, 6) is 0.184. The lowest BCUT2D eigenvalue weighted by atomic mass is 9.94. The van der Waals surface area contributed by atoms with Gasteiger partial charge in [0.05, 0.1) is 6.42 Å². The zero-order valence-corrected chi connectivity index (χ0v) is 6.91. The van der Waals surface area contributed by atoms with Crippen molar-refractivity contribution in [3.05, 3.63) is 0 Å². The Balaban J connectivity index is 2.52. The summed E-state index contributed by atoms with van der Waals surface area (Å²) in [4.78, 5) is 10.8. The Morgan fingerprint density at radius 1 is 1.82 bits per heavy atom. The van der Waals surface area contributed by atoms with Gasteiger partial charge in [0.1, 0.15) is 6.10 Å². The molecular weight excluding hydrogens is 144 g/mol. The Labute approximate surface area is 66.4 Å². The van der Waals surface area contributed by atoms with Gasteiger partial charge in [0.2, 0.25) is 0 Å². The van der Waals surface area contributed by atoms with Gasteiger partial charge in [-0.25, -0.2) is 0 Å². The molecule has 1 N–H and O–H groups in total. The highest BCUT2D eigenvalue weighted by Gasteiger charge is 2.34. The fourth-order valence-electron chi connectivity index (χ4n) is 1.48. The molecule has 3 atom stereocenters. The average molecular weight is 158 g/mol. The topological polar surface area (TPSA) is 46.5 Å². The molecule has 1 fully saturated rings. The van der Waals surface area contributed by atoms with E-state index in [-0.39, 0.29) is 30.5 Å². The van der Waals surface area contributed by atoms with Gasteiger partial charge in [-0.05, 0) is 0 Å². The Kier molecular flexibility index (Phi) is 2.49. The van der Waals surface area contributed by atoms with Crippen molar-refractivity contribution in [1.82, 2.24) is 0 Å². The highest BCUT2D eigenvalue weighted by Crippen LogP contribution is 2.26. The molecule has 0 radical (unpaired) electrons. The summed E-state index contributed by atoms with van der Waals surface area (Å²) in [6.45, 7) is 3.95. The molecule has 1 aliphatic heterocycles. The maximum Gasteiger partial charge on any atom is 0.306 e. The van der Waals surface area contributed by atoms with Crippen molar-refractivity contribution in [2.45, 2.75) is 26.4 Å². The van der Waals surface area contributed by atoms with Crippen LogP contribution < -0.4 is 0 Å². The first kappa shape index (κ1) is 8.53. The van der Waals surface area contributed by atoms with Crippen molar-refractivity contribution in [3.8, 4) is 0 Å². The standard InChI is InChI=1S/C8H14O3/c1-5-3-7(10)11-8(5)6(2)4-9/h5-6,8-9H,3-4H2,1-2H3/t5-,6+,8?/m0/s1. The van der Waals surface area contributed by atoms with E-state index in [4.69, 9.17) is 9.84 Å². The van der Waals surface area contributed by atoms with Crippen molar-refractivity contribution in [2.75, 3.05) is 6.61 Å². The number of ether oxygens (including phenoxy) is 1. The number of cyclic esters (lactones) is 1. The molecule has 0 aromatic rings. The molecule has 0 aromatic carbocycles. The number of esters is 1. The van der Waals surface area contributed by atoms with Crippen LogP contribution in [0.1, 0.15) is 20.3 Å². The van der Waals surface area contributed by atoms with E-state index in [1.54, 1.807) is 0 Å². The number of rotatable bonds is 2. The summed E-state index contributed by atoms with van der Waals surface area (Å²) >= 11 is 0.